The van der Waals surface area contributed by atoms with Crippen LogP contribution >= 0.6 is 0 Å². The maximum absolute atomic E-state index is 5.32. The van der Waals surface area contributed by atoms with Crippen molar-refractivity contribution in [1.82, 2.24) is 19.9 Å². The molecule has 4 rings (SSSR count). The Morgan fingerprint density at radius 1 is 1.09 bits per heavy atom. The molecular formula is C16H17N5O. The van der Waals surface area contributed by atoms with Gasteiger partial charge in [-0.05, 0) is 18.2 Å². The fourth-order valence-corrected chi connectivity index (χ4v) is 2.86. The predicted octanol–water partition coefficient (Wildman–Crippen LogP) is 1.94. The molecule has 3 heterocycles. The van der Waals surface area contributed by atoms with Gasteiger partial charge in [-0.3, -0.25) is 4.90 Å². The monoisotopic (exact) mass is 295 g/mol. The van der Waals surface area contributed by atoms with Crippen LogP contribution in [-0.2, 0) is 6.54 Å². The number of anilines is 1. The molecule has 0 radical (unpaired) electrons. The predicted molar refractivity (Wildman–Crippen MR) is 83.5 cm³/mol. The molecule has 1 fully saturated rings. The van der Waals surface area contributed by atoms with Gasteiger partial charge >= 0.3 is 0 Å². The first kappa shape index (κ1) is 13.2. The smallest absolute Gasteiger partial charge is 0.208 e. The molecule has 1 aliphatic heterocycles. The van der Waals surface area contributed by atoms with Crippen LogP contribution in [0.4, 0.5) is 5.69 Å². The van der Waals surface area contributed by atoms with E-state index >= 15 is 0 Å². The molecule has 0 unspecified atom stereocenters. The van der Waals surface area contributed by atoms with E-state index in [0.717, 1.165) is 49.5 Å². The Balaban J connectivity index is 1.43. The molecule has 6 heteroatoms. The summed E-state index contributed by atoms with van der Waals surface area (Å²) in [6, 6.07) is 6.36. The van der Waals surface area contributed by atoms with Crippen molar-refractivity contribution in [3.63, 3.8) is 0 Å². The standard InChI is InChI=1S/C16H17N5O/c1-2-15-13(10-17-12-19-15)9-14(1)21-6-4-20(5-7-21)11-16-18-3-8-22-16/h1-3,8-10,12H,4-7,11H2. The maximum Gasteiger partial charge on any atom is 0.208 e. The SMILES string of the molecule is c1coc(CN2CCN(c3ccc4ncncc4c3)CC2)n1. The molecule has 2 aromatic heterocycles. The third-order valence-corrected chi connectivity index (χ3v) is 4.07. The number of hydrogen-bond donors (Lipinski definition) is 0. The molecule has 0 saturated carbocycles. The number of oxazole rings is 1. The molecule has 0 N–H and O–H groups in total. The van der Waals surface area contributed by atoms with Crippen molar-refractivity contribution >= 4 is 16.6 Å². The van der Waals surface area contributed by atoms with Gasteiger partial charge in [0.15, 0.2) is 0 Å². The lowest BCUT2D eigenvalue weighted by molar-refractivity contribution is 0.226. The maximum atomic E-state index is 5.32. The number of fused-ring (bicyclic) bond motifs is 1. The Bertz CT molecular complexity index is 750. The minimum Gasteiger partial charge on any atom is -0.448 e. The van der Waals surface area contributed by atoms with E-state index < -0.39 is 0 Å². The van der Waals surface area contributed by atoms with Crippen LogP contribution in [0.5, 0.6) is 0 Å². The molecule has 0 amide bonds. The Hall–Kier alpha value is -2.47. The van der Waals surface area contributed by atoms with Crippen LogP contribution in [0.1, 0.15) is 5.89 Å². The molecule has 6 nitrogen and oxygen atoms in total. The third kappa shape index (κ3) is 2.65. The van der Waals surface area contributed by atoms with E-state index in [9.17, 15) is 0 Å². The number of hydrogen-bond acceptors (Lipinski definition) is 6. The molecule has 0 atom stereocenters. The molecule has 1 aromatic carbocycles. The fourth-order valence-electron chi connectivity index (χ4n) is 2.86. The second-order valence-corrected chi connectivity index (χ2v) is 5.45. The number of benzene rings is 1. The van der Waals surface area contributed by atoms with Crippen molar-refractivity contribution in [2.24, 2.45) is 0 Å². The summed E-state index contributed by atoms with van der Waals surface area (Å²) in [7, 11) is 0. The molecule has 0 aliphatic carbocycles. The summed E-state index contributed by atoms with van der Waals surface area (Å²) in [6.45, 7) is 4.80. The lowest BCUT2D eigenvalue weighted by atomic mass is 10.2. The van der Waals surface area contributed by atoms with Crippen molar-refractivity contribution in [3.8, 4) is 0 Å². The van der Waals surface area contributed by atoms with E-state index in [2.05, 4.69) is 43.0 Å². The number of aromatic nitrogens is 3. The summed E-state index contributed by atoms with van der Waals surface area (Å²) >= 11 is 0. The first-order valence-electron chi connectivity index (χ1n) is 7.44. The van der Waals surface area contributed by atoms with Crippen molar-refractivity contribution in [2.75, 3.05) is 31.1 Å². The summed E-state index contributed by atoms with van der Waals surface area (Å²) in [5.41, 5.74) is 2.22. The number of rotatable bonds is 3. The molecule has 1 saturated heterocycles. The van der Waals surface area contributed by atoms with Crippen LogP contribution in [0.15, 0.2) is 47.6 Å². The second-order valence-electron chi connectivity index (χ2n) is 5.45. The van der Waals surface area contributed by atoms with Gasteiger partial charge in [-0.1, -0.05) is 0 Å². The van der Waals surface area contributed by atoms with E-state index in [1.165, 1.54) is 5.69 Å². The number of piperazine rings is 1. The molecule has 112 valence electrons. The highest BCUT2D eigenvalue weighted by atomic mass is 16.3. The zero-order chi connectivity index (χ0) is 14.8. The summed E-state index contributed by atoms with van der Waals surface area (Å²) in [5, 5.41) is 1.09. The van der Waals surface area contributed by atoms with Crippen LogP contribution in [0.25, 0.3) is 10.9 Å². The van der Waals surface area contributed by atoms with Gasteiger partial charge in [-0.25, -0.2) is 15.0 Å². The van der Waals surface area contributed by atoms with Gasteiger partial charge in [0.1, 0.15) is 12.6 Å². The fraction of sp³-hybridized carbons (Fsp3) is 0.312. The molecule has 0 spiro atoms. The quantitative estimate of drug-likeness (QED) is 0.736. The van der Waals surface area contributed by atoms with Crippen LogP contribution < -0.4 is 4.90 Å². The van der Waals surface area contributed by atoms with Crippen molar-refractivity contribution in [3.05, 3.63) is 49.1 Å². The first-order chi connectivity index (χ1) is 10.9. The van der Waals surface area contributed by atoms with Crippen molar-refractivity contribution in [2.45, 2.75) is 6.54 Å². The highest BCUT2D eigenvalue weighted by Gasteiger charge is 2.18. The van der Waals surface area contributed by atoms with Crippen molar-refractivity contribution in [1.29, 1.82) is 0 Å². The molecule has 22 heavy (non-hydrogen) atoms. The lowest BCUT2D eigenvalue weighted by Crippen LogP contribution is -2.46. The zero-order valence-electron chi connectivity index (χ0n) is 12.2. The Labute approximate surface area is 128 Å². The van der Waals surface area contributed by atoms with E-state index in [1.807, 2.05) is 6.20 Å². The van der Waals surface area contributed by atoms with Crippen LogP contribution in [0.3, 0.4) is 0 Å². The van der Waals surface area contributed by atoms with E-state index in [1.54, 1.807) is 18.8 Å². The highest BCUT2D eigenvalue weighted by molar-refractivity contribution is 5.81. The first-order valence-corrected chi connectivity index (χ1v) is 7.44. The second kappa shape index (κ2) is 5.73. The molecule has 1 aliphatic rings. The summed E-state index contributed by atoms with van der Waals surface area (Å²) in [5.74, 6) is 0.788. The van der Waals surface area contributed by atoms with E-state index in [4.69, 9.17) is 4.42 Å². The van der Waals surface area contributed by atoms with Gasteiger partial charge in [0.2, 0.25) is 5.89 Å². The summed E-state index contributed by atoms with van der Waals surface area (Å²) in [6.07, 6.45) is 6.78. The Morgan fingerprint density at radius 2 is 2.00 bits per heavy atom. The molecule has 3 aromatic rings. The normalized spacial score (nSPS) is 16.3. The largest absolute Gasteiger partial charge is 0.448 e. The number of nitrogens with zero attached hydrogens (tertiary/aromatic N) is 5. The molecule has 0 bridgehead atoms. The highest BCUT2D eigenvalue weighted by Crippen LogP contribution is 2.21. The summed E-state index contributed by atoms with van der Waals surface area (Å²) in [4.78, 5) is 17.3. The summed E-state index contributed by atoms with van der Waals surface area (Å²) < 4.78 is 5.32. The van der Waals surface area contributed by atoms with Gasteiger partial charge < -0.3 is 9.32 Å². The topological polar surface area (TPSA) is 58.3 Å². The Morgan fingerprint density at radius 3 is 2.82 bits per heavy atom. The average Bonchev–Trinajstić information content (AvgIpc) is 3.08. The average molecular weight is 295 g/mol. The van der Waals surface area contributed by atoms with Crippen molar-refractivity contribution < 1.29 is 4.42 Å². The van der Waals surface area contributed by atoms with E-state index in [0.29, 0.717) is 0 Å². The van der Waals surface area contributed by atoms with Crippen LogP contribution in [0, 0.1) is 0 Å². The van der Waals surface area contributed by atoms with Gasteiger partial charge in [0.25, 0.3) is 0 Å². The zero-order valence-corrected chi connectivity index (χ0v) is 12.2. The minimum absolute atomic E-state index is 0.784. The molecular weight excluding hydrogens is 278 g/mol. The van der Waals surface area contributed by atoms with Crippen LogP contribution in [0.2, 0.25) is 0 Å². The van der Waals surface area contributed by atoms with Gasteiger partial charge in [-0.15, -0.1) is 0 Å². The van der Waals surface area contributed by atoms with Gasteiger partial charge in [0.05, 0.1) is 18.3 Å². The van der Waals surface area contributed by atoms with Gasteiger partial charge in [-0.2, -0.15) is 0 Å². The van der Waals surface area contributed by atoms with Gasteiger partial charge in [0, 0.05) is 43.4 Å². The van der Waals surface area contributed by atoms with E-state index in [-0.39, 0.29) is 0 Å². The van der Waals surface area contributed by atoms with Crippen LogP contribution in [-0.4, -0.2) is 46.0 Å². The third-order valence-electron chi connectivity index (χ3n) is 4.07. The lowest BCUT2D eigenvalue weighted by Gasteiger charge is -2.35. The Kier molecular flexibility index (Phi) is 3.44. The minimum atomic E-state index is 0.784.